The summed E-state index contributed by atoms with van der Waals surface area (Å²) in [7, 11) is -2.99. The summed E-state index contributed by atoms with van der Waals surface area (Å²) < 4.78 is 55.5. The van der Waals surface area contributed by atoms with Gasteiger partial charge < -0.3 is 4.52 Å². The zero-order chi connectivity index (χ0) is 16.4. The molecule has 0 aliphatic carbocycles. The lowest BCUT2D eigenvalue weighted by molar-refractivity contribution is 0.346. The van der Waals surface area contributed by atoms with E-state index in [9.17, 15) is 17.2 Å². The smallest absolute Gasteiger partial charge is 0.226 e. The van der Waals surface area contributed by atoms with Gasteiger partial charge in [-0.25, -0.2) is 17.2 Å². The quantitative estimate of drug-likeness (QED) is 0.852. The third-order valence-electron chi connectivity index (χ3n) is 3.93. The summed E-state index contributed by atoms with van der Waals surface area (Å²) in [6.07, 6.45) is 1.68. The van der Waals surface area contributed by atoms with E-state index >= 15 is 0 Å². The van der Waals surface area contributed by atoms with Crippen molar-refractivity contribution in [1.29, 1.82) is 0 Å². The summed E-state index contributed by atoms with van der Waals surface area (Å²) in [5.74, 6) is -0.532. The molecule has 1 fully saturated rings. The van der Waals surface area contributed by atoms with Crippen molar-refractivity contribution in [3.05, 3.63) is 47.1 Å². The minimum absolute atomic E-state index is 0.0488. The first-order valence-electron chi connectivity index (χ1n) is 7.38. The van der Waals surface area contributed by atoms with Crippen molar-refractivity contribution < 1.29 is 21.7 Å². The highest BCUT2D eigenvalue weighted by molar-refractivity contribution is 7.91. The highest BCUT2D eigenvalue weighted by Gasteiger charge is 2.26. The Bertz CT molecular complexity index is 785. The topological polar surface area (TPSA) is 73.1 Å². The molecule has 3 rings (SSSR count). The minimum atomic E-state index is -2.99. The van der Waals surface area contributed by atoms with Crippen molar-refractivity contribution in [2.45, 2.75) is 25.7 Å². The van der Waals surface area contributed by atoms with Crippen molar-refractivity contribution in [2.75, 3.05) is 11.5 Å². The molecule has 2 heterocycles. The maximum atomic E-state index is 13.6. The van der Waals surface area contributed by atoms with Crippen LogP contribution in [0.1, 0.15) is 30.1 Å². The predicted molar refractivity (Wildman–Crippen MR) is 78.5 cm³/mol. The van der Waals surface area contributed by atoms with Crippen LogP contribution in [-0.4, -0.2) is 30.1 Å². The van der Waals surface area contributed by atoms with E-state index in [-0.39, 0.29) is 35.2 Å². The predicted octanol–water partition coefficient (Wildman–Crippen LogP) is 2.31. The molecule has 0 saturated carbocycles. The molecule has 8 heteroatoms. The number of halogens is 2. The lowest BCUT2D eigenvalue weighted by atomic mass is 10.0. The average molecular weight is 342 g/mol. The zero-order valence-corrected chi connectivity index (χ0v) is 13.2. The zero-order valence-electron chi connectivity index (χ0n) is 12.3. The Kier molecular flexibility index (Phi) is 4.43. The maximum absolute atomic E-state index is 13.6. The van der Waals surface area contributed by atoms with Crippen LogP contribution in [0.5, 0.6) is 0 Å². The lowest BCUT2D eigenvalue weighted by Gasteiger charge is -2.19. The van der Waals surface area contributed by atoms with Crippen molar-refractivity contribution in [2.24, 2.45) is 5.92 Å². The molecule has 1 unspecified atom stereocenters. The Morgan fingerprint density at radius 3 is 2.70 bits per heavy atom. The van der Waals surface area contributed by atoms with Crippen molar-refractivity contribution in [3.8, 4) is 0 Å². The second kappa shape index (κ2) is 6.35. The van der Waals surface area contributed by atoms with Crippen LogP contribution in [0.4, 0.5) is 8.78 Å². The van der Waals surface area contributed by atoms with Gasteiger partial charge in [0.1, 0.15) is 11.6 Å². The molecule has 0 radical (unpaired) electrons. The fourth-order valence-electron chi connectivity index (χ4n) is 2.83. The van der Waals surface area contributed by atoms with Gasteiger partial charge in [-0.15, -0.1) is 0 Å². The van der Waals surface area contributed by atoms with Crippen LogP contribution in [0.2, 0.25) is 0 Å². The Labute approximate surface area is 132 Å². The molecule has 0 N–H and O–H groups in total. The molecular formula is C15H16F2N2O3S. The molecular weight excluding hydrogens is 326 g/mol. The summed E-state index contributed by atoms with van der Waals surface area (Å²) in [6.45, 7) is 0. The molecule has 1 aliphatic rings. The number of rotatable bonds is 4. The van der Waals surface area contributed by atoms with Crippen molar-refractivity contribution in [3.63, 3.8) is 0 Å². The lowest BCUT2D eigenvalue weighted by Crippen LogP contribution is -2.26. The Morgan fingerprint density at radius 1 is 1.26 bits per heavy atom. The first-order chi connectivity index (χ1) is 10.9. The van der Waals surface area contributed by atoms with Crippen molar-refractivity contribution in [1.82, 2.24) is 10.1 Å². The molecule has 23 heavy (non-hydrogen) atoms. The van der Waals surface area contributed by atoms with Gasteiger partial charge in [0.15, 0.2) is 15.7 Å². The van der Waals surface area contributed by atoms with Gasteiger partial charge in [0.05, 0.1) is 11.5 Å². The van der Waals surface area contributed by atoms with Gasteiger partial charge in [0.25, 0.3) is 0 Å². The molecule has 0 spiro atoms. The molecule has 0 amide bonds. The molecule has 2 aromatic rings. The van der Waals surface area contributed by atoms with E-state index in [1.54, 1.807) is 0 Å². The summed E-state index contributed by atoms with van der Waals surface area (Å²) in [6, 6.07) is 3.64. The molecule has 1 aromatic heterocycles. The van der Waals surface area contributed by atoms with Gasteiger partial charge in [-0.05, 0) is 30.9 Å². The van der Waals surface area contributed by atoms with Gasteiger partial charge in [-0.3, -0.25) is 0 Å². The second-order valence-corrected chi connectivity index (χ2v) is 8.04. The molecule has 1 atom stereocenters. The van der Waals surface area contributed by atoms with Crippen LogP contribution in [0.25, 0.3) is 0 Å². The fraction of sp³-hybridized carbons (Fsp3) is 0.467. The highest BCUT2D eigenvalue weighted by Crippen LogP contribution is 2.22. The van der Waals surface area contributed by atoms with E-state index < -0.39 is 21.5 Å². The summed E-state index contributed by atoms with van der Waals surface area (Å²) in [5.41, 5.74) is -0.111. The first kappa shape index (κ1) is 16.0. The van der Waals surface area contributed by atoms with Gasteiger partial charge in [-0.1, -0.05) is 11.2 Å². The van der Waals surface area contributed by atoms with E-state index in [0.29, 0.717) is 18.7 Å². The number of hydrogen-bond donors (Lipinski definition) is 0. The highest BCUT2D eigenvalue weighted by atomic mass is 32.2. The molecule has 0 bridgehead atoms. The Balaban J connectivity index is 1.69. The number of aromatic nitrogens is 2. The van der Waals surface area contributed by atoms with E-state index in [4.69, 9.17) is 4.52 Å². The van der Waals surface area contributed by atoms with Gasteiger partial charge >= 0.3 is 0 Å². The normalized spacial score (nSPS) is 20.5. The molecule has 5 nitrogen and oxygen atoms in total. The molecule has 1 aliphatic heterocycles. The van der Waals surface area contributed by atoms with Gasteiger partial charge in [-0.2, -0.15) is 4.98 Å². The maximum Gasteiger partial charge on any atom is 0.226 e. The van der Waals surface area contributed by atoms with E-state index in [0.717, 1.165) is 6.42 Å². The number of nitrogens with zero attached hydrogens (tertiary/aromatic N) is 2. The monoisotopic (exact) mass is 342 g/mol. The van der Waals surface area contributed by atoms with Gasteiger partial charge in [0.2, 0.25) is 5.89 Å². The van der Waals surface area contributed by atoms with Crippen LogP contribution >= 0.6 is 0 Å². The van der Waals surface area contributed by atoms with Crippen LogP contribution in [0, 0.1) is 17.6 Å². The van der Waals surface area contributed by atoms with Crippen LogP contribution < -0.4 is 0 Å². The molecule has 1 aromatic carbocycles. The third-order valence-corrected chi connectivity index (χ3v) is 5.82. The van der Waals surface area contributed by atoms with E-state index in [1.807, 2.05) is 0 Å². The van der Waals surface area contributed by atoms with Crippen LogP contribution in [-0.2, 0) is 22.7 Å². The third kappa shape index (κ3) is 3.93. The van der Waals surface area contributed by atoms with Gasteiger partial charge in [0, 0.05) is 18.4 Å². The SMILES string of the molecule is O=S1(=O)CCCC(Cc2nc(Cc3c(F)cccc3F)no2)C1. The Hall–Kier alpha value is -1.83. The van der Waals surface area contributed by atoms with Crippen LogP contribution in [0.15, 0.2) is 22.7 Å². The molecule has 1 saturated heterocycles. The summed E-state index contributed by atoms with van der Waals surface area (Å²) in [4.78, 5) is 4.12. The Morgan fingerprint density at radius 2 is 2.00 bits per heavy atom. The van der Waals surface area contributed by atoms with E-state index in [1.165, 1.54) is 18.2 Å². The van der Waals surface area contributed by atoms with E-state index in [2.05, 4.69) is 10.1 Å². The number of sulfone groups is 1. The second-order valence-electron chi connectivity index (χ2n) is 5.81. The first-order valence-corrected chi connectivity index (χ1v) is 9.20. The fourth-order valence-corrected chi connectivity index (χ4v) is 4.61. The summed E-state index contributed by atoms with van der Waals surface area (Å²) in [5, 5.41) is 3.73. The minimum Gasteiger partial charge on any atom is -0.339 e. The standard InChI is InChI=1S/C15H16F2N2O3S/c16-12-4-1-5-13(17)11(12)8-14-18-15(22-19-14)7-10-3-2-6-23(20,21)9-10/h1,4-5,10H,2-3,6-9H2. The number of benzene rings is 1. The summed E-state index contributed by atoms with van der Waals surface area (Å²) >= 11 is 0. The largest absolute Gasteiger partial charge is 0.339 e. The number of hydrogen-bond acceptors (Lipinski definition) is 5. The molecule has 124 valence electrons. The average Bonchev–Trinajstić information content (AvgIpc) is 2.89. The van der Waals surface area contributed by atoms with Crippen molar-refractivity contribution >= 4 is 9.84 Å². The van der Waals surface area contributed by atoms with Crippen LogP contribution in [0.3, 0.4) is 0 Å².